The number of H-pyrrole nitrogens is 1. The molecule has 8 nitrogen and oxygen atoms in total. The van der Waals surface area contributed by atoms with E-state index in [0.29, 0.717) is 29.0 Å². The number of unbranched alkanes of at least 4 members (excludes halogenated alkanes) is 1. The molecule has 10 heteroatoms. The van der Waals surface area contributed by atoms with Crippen molar-refractivity contribution in [1.82, 2.24) is 19.9 Å². The van der Waals surface area contributed by atoms with Gasteiger partial charge in [0.25, 0.3) is 0 Å². The van der Waals surface area contributed by atoms with Gasteiger partial charge in [0, 0.05) is 12.0 Å². The summed E-state index contributed by atoms with van der Waals surface area (Å²) < 4.78 is 28.4. The van der Waals surface area contributed by atoms with Crippen LogP contribution in [0.5, 0.6) is 0 Å². The van der Waals surface area contributed by atoms with Gasteiger partial charge in [-0.1, -0.05) is 33.1 Å². The van der Waals surface area contributed by atoms with Crippen LogP contribution in [0.15, 0.2) is 16.4 Å². The number of thioether (sulfide) groups is 1. The fourth-order valence-corrected chi connectivity index (χ4v) is 3.72. The molecule has 0 radical (unpaired) electrons. The Kier molecular flexibility index (Phi) is 8.03. The molecule has 0 aliphatic carbocycles. The Balaban J connectivity index is 1.81. The molecule has 150 valence electrons. The highest BCUT2D eigenvalue weighted by molar-refractivity contribution is 7.99. The molecule has 0 bridgehead atoms. The van der Waals surface area contributed by atoms with Crippen molar-refractivity contribution < 1.29 is 17.9 Å². The van der Waals surface area contributed by atoms with E-state index < -0.39 is 9.84 Å². The number of nitrogens with zero attached hydrogens (tertiary/aromatic N) is 3. The van der Waals surface area contributed by atoms with Crippen molar-refractivity contribution in [3.8, 4) is 0 Å². The van der Waals surface area contributed by atoms with Crippen LogP contribution in [0, 0.1) is 5.92 Å². The monoisotopic (exact) mass is 414 g/mol. The number of sulfone groups is 1. The number of hydrogen-bond acceptors (Lipinski definition) is 8. The number of carbonyl (C=O) groups is 1. The molecule has 1 atom stereocenters. The molecule has 0 saturated carbocycles. The third-order valence-corrected chi connectivity index (χ3v) is 5.89. The molecule has 0 saturated heterocycles. The van der Waals surface area contributed by atoms with Gasteiger partial charge in [-0.05, 0) is 12.3 Å². The fourth-order valence-electron chi connectivity index (χ4n) is 2.42. The van der Waals surface area contributed by atoms with Crippen LogP contribution in [0.25, 0.3) is 11.3 Å². The molecule has 0 aliphatic rings. The number of ether oxygens (including phenoxy) is 1. The summed E-state index contributed by atoms with van der Waals surface area (Å²) in [5.41, 5.74) is 0.557. The predicted octanol–water partition coefficient (Wildman–Crippen LogP) is 3.00. The average Bonchev–Trinajstić information content (AvgIpc) is 3.06. The van der Waals surface area contributed by atoms with Crippen LogP contribution in [0.1, 0.15) is 46.0 Å². The van der Waals surface area contributed by atoms with E-state index in [2.05, 4.69) is 33.8 Å². The van der Waals surface area contributed by atoms with Crippen LogP contribution in [0.3, 0.4) is 0 Å². The van der Waals surface area contributed by atoms with Crippen molar-refractivity contribution in [1.29, 1.82) is 0 Å². The third-order valence-electron chi connectivity index (χ3n) is 4.09. The standard InChI is InChI=1S/C17H26N4O4S2/c1-4-6-7-12(5-2)11-25-14(22)8-9-26-13-10-18-15-16(19-13)21-17(20-15)27(3,23)24/h10,12H,4-9,11H2,1-3H3,(H,18,19,20,21). The lowest BCUT2D eigenvalue weighted by Crippen LogP contribution is -2.14. The maximum absolute atomic E-state index is 11.9. The summed E-state index contributed by atoms with van der Waals surface area (Å²) in [5.74, 6) is 0.726. The van der Waals surface area contributed by atoms with E-state index in [1.165, 1.54) is 18.0 Å². The Labute approximate surface area is 163 Å². The lowest BCUT2D eigenvalue weighted by molar-refractivity contribution is -0.144. The Morgan fingerprint density at radius 2 is 2.11 bits per heavy atom. The topological polar surface area (TPSA) is 115 Å². The van der Waals surface area contributed by atoms with Gasteiger partial charge in [0.1, 0.15) is 5.03 Å². The second kappa shape index (κ2) is 10.0. The van der Waals surface area contributed by atoms with Crippen LogP contribution in [-0.2, 0) is 19.4 Å². The minimum Gasteiger partial charge on any atom is -0.465 e. The lowest BCUT2D eigenvalue weighted by atomic mass is 10.0. The second-order valence-corrected chi connectivity index (χ2v) is 9.44. The zero-order valence-electron chi connectivity index (χ0n) is 15.9. The van der Waals surface area contributed by atoms with Gasteiger partial charge in [-0.25, -0.2) is 18.4 Å². The zero-order valence-corrected chi connectivity index (χ0v) is 17.5. The molecule has 1 N–H and O–H groups in total. The molecule has 2 aromatic rings. The number of aromatic nitrogens is 4. The zero-order chi connectivity index (χ0) is 19.9. The van der Waals surface area contributed by atoms with E-state index in [0.717, 1.165) is 31.9 Å². The van der Waals surface area contributed by atoms with Crippen LogP contribution < -0.4 is 0 Å². The van der Waals surface area contributed by atoms with E-state index in [-0.39, 0.29) is 23.2 Å². The van der Waals surface area contributed by atoms with E-state index in [9.17, 15) is 13.2 Å². The quantitative estimate of drug-likeness (QED) is 0.441. The summed E-state index contributed by atoms with van der Waals surface area (Å²) >= 11 is 1.36. The summed E-state index contributed by atoms with van der Waals surface area (Å²) in [7, 11) is -3.44. The van der Waals surface area contributed by atoms with Crippen molar-refractivity contribution in [2.45, 2.75) is 56.1 Å². The maximum atomic E-state index is 11.9. The number of carbonyl (C=O) groups excluding carboxylic acids is 1. The van der Waals surface area contributed by atoms with Crippen LogP contribution in [-0.4, -0.2) is 52.9 Å². The van der Waals surface area contributed by atoms with Gasteiger partial charge in [0.2, 0.25) is 15.0 Å². The number of nitrogens with one attached hydrogen (secondary N) is 1. The Morgan fingerprint density at radius 1 is 1.33 bits per heavy atom. The largest absolute Gasteiger partial charge is 0.465 e. The Morgan fingerprint density at radius 3 is 2.78 bits per heavy atom. The first kappa shape index (κ1) is 21.6. The van der Waals surface area contributed by atoms with Gasteiger partial charge in [0.15, 0.2) is 11.3 Å². The van der Waals surface area contributed by atoms with Crippen molar-refractivity contribution in [2.24, 2.45) is 5.92 Å². The highest BCUT2D eigenvalue weighted by Gasteiger charge is 2.15. The van der Waals surface area contributed by atoms with Gasteiger partial charge < -0.3 is 9.72 Å². The minimum absolute atomic E-state index is 0.156. The molecular formula is C17H26N4O4S2. The summed E-state index contributed by atoms with van der Waals surface area (Å²) in [6.45, 7) is 4.75. The van der Waals surface area contributed by atoms with Crippen LogP contribution in [0.4, 0.5) is 0 Å². The smallest absolute Gasteiger partial charge is 0.306 e. The molecule has 2 heterocycles. The second-order valence-electron chi connectivity index (χ2n) is 6.39. The number of imidazole rings is 1. The number of fused-ring (bicyclic) bond motifs is 1. The molecule has 0 fully saturated rings. The highest BCUT2D eigenvalue weighted by Crippen LogP contribution is 2.19. The first-order valence-corrected chi connectivity index (χ1v) is 11.9. The van der Waals surface area contributed by atoms with Crippen LogP contribution >= 0.6 is 11.8 Å². The first-order valence-electron chi connectivity index (χ1n) is 9.04. The summed E-state index contributed by atoms with van der Waals surface area (Å²) in [4.78, 5) is 26.9. The van der Waals surface area contributed by atoms with Gasteiger partial charge in [-0.2, -0.15) is 4.98 Å². The molecule has 0 aliphatic heterocycles. The number of esters is 1. The molecule has 1 unspecified atom stereocenters. The van der Waals surface area contributed by atoms with Crippen molar-refractivity contribution >= 4 is 38.9 Å². The van der Waals surface area contributed by atoms with E-state index >= 15 is 0 Å². The van der Waals surface area contributed by atoms with E-state index in [1.807, 2.05) is 0 Å². The molecule has 0 amide bonds. The SMILES string of the molecule is CCCCC(CC)COC(=O)CCSc1cnc2nc(S(C)(=O)=O)[nH]c2n1. The molecule has 0 aromatic carbocycles. The van der Waals surface area contributed by atoms with E-state index in [4.69, 9.17) is 4.74 Å². The highest BCUT2D eigenvalue weighted by atomic mass is 32.2. The van der Waals surface area contributed by atoms with Crippen LogP contribution in [0.2, 0.25) is 0 Å². The lowest BCUT2D eigenvalue weighted by Gasteiger charge is -2.14. The number of rotatable bonds is 11. The number of aromatic amines is 1. The van der Waals surface area contributed by atoms with Crippen molar-refractivity contribution in [3.63, 3.8) is 0 Å². The molecule has 27 heavy (non-hydrogen) atoms. The predicted molar refractivity (Wildman–Crippen MR) is 104 cm³/mol. The van der Waals surface area contributed by atoms with Crippen molar-refractivity contribution in [3.05, 3.63) is 6.20 Å². The normalized spacial score (nSPS) is 13.0. The van der Waals surface area contributed by atoms with Gasteiger partial charge in [-0.15, -0.1) is 11.8 Å². The molecular weight excluding hydrogens is 388 g/mol. The summed E-state index contributed by atoms with van der Waals surface area (Å²) in [6.07, 6.45) is 7.27. The minimum atomic E-state index is -3.44. The summed E-state index contributed by atoms with van der Waals surface area (Å²) in [5, 5.41) is 0.435. The third kappa shape index (κ3) is 6.76. The first-order chi connectivity index (χ1) is 12.8. The van der Waals surface area contributed by atoms with E-state index in [1.54, 1.807) is 0 Å². The molecule has 0 spiro atoms. The maximum Gasteiger partial charge on any atom is 0.306 e. The Hall–Kier alpha value is -1.68. The van der Waals surface area contributed by atoms with Gasteiger partial charge in [-0.3, -0.25) is 4.79 Å². The van der Waals surface area contributed by atoms with Gasteiger partial charge in [0.05, 0.1) is 19.2 Å². The molecule has 2 aromatic heterocycles. The summed E-state index contributed by atoms with van der Waals surface area (Å²) in [6, 6.07) is 0. The Bertz CT molecular complexity index is 867. The number of hydrogen-bond donors (Lipinski definition) is 1. The van der Waals surface area contributed by atoms with Gasteiger partial charge >= 0.3 is 5.97 Å². The average molecular weight is 415 g/mol. The van der Waals surface area contributed by atoms with Crippen molar-refractivity contribution in [2.75, 3.05) is 18.6 Å². The fraction of sp³-hybridized carbons (Fsp3) is 0.647. The molecule has 2 rings (SSSR count).